The van der Waals surface area contributed by atoms with Gasteiger partial charge in [-0.2, -0.15) is 0 Å². The lowest BCUT2D eigenvalue weighted by Crippen LogP contribution is -2.42. The number of alkyl halides is 1. The molecule has 1 N–H and O–H groups in total. The second-order valence-electron chi connectivity index (χ2n) is 13.5. The van der Waals surface area contributed by atoms with Gasteiger partial charge in [0.15, 0.2) is 4.96 Å². The number of methoxy groups -OCH3 is 1. The molecule has 2 saturated heterocycles. The molecular formula is C35H43F2N5O4S. The first-order chi connectivity index (χ1) is 22.5. The smallest absolute Gasteiger partial charge is 0.410 e. The molecule has 2 aromatic heterocycles. The average Bonchev–Trinajstić information content (AvgIpc) is 3.60. The summed E-state index contributed by atoms with van der Waals surface area (Å²) in [6.07, 6.45) is 4.41. The summed E-state index contributed by atoms with van der Waals surface area (Å²) in [5.41, 5.74) is 2.45. The van der Waals surface area contributed by atoms with Gasteiger partial charge in [0.25, 0.3) is 5.91 Å². The van der Waals surface area contributed by atoms with Crippen molar-refractivity contribution in [3.8, 4) is 17.0 Å². The molecule has 12 heteroatoms. The fourth-order valence-corrected chi connectivity index (χ4v) is 7.49. The molecule has 0 bridgehead atoms. The summed E-state index contributed by atoms with van der Waals surface area (Å²) in [4.78, 5) is 35.1. The van der Waals surface area contributed by atoms with Crippen LogP contribution >= 0.6 is 11.3 Å². The highest BCUT2D eigenvalue weighted by Gasteiger charge is 2.29. The number of aromatic nitrogens is 2. The maximum absolute atomic E-state index is 15.6. The van der Waals surface area contributed by atoms with E-state index in [0.717, 1.165) is 54.7 Å². The Morgan fingerprint density at radius 2 is 1.89 bits per heavy atom. The average molecular weight is 668 g/mol. The molecule has 0 spiro atoms. The van der Waals surface area contributed by atoms with Gasteiger partial charge >= 0.3 is 6.09 Å². The van der Waals surface area contributed by atoms with Gasteiger partial charge in [-0.05, 0) is 83.2 Å². The van der Waals surface area contributed by atoms with Gasteiger partial charge in [-0.1, -0.05) is 17.4 Å². The Balaban J connectivity index is 1.14. The fourth-order valence-electron chi connectivity index (χ4n) is 6.46. The molecule has 2 aliphatic rings. The first-order valence-electron chi connectivity index (χ1n) is 16.4. The molecule has 1 unspecified atom stereocenters. The number of likely N-dealkylation sites (tertiary alicyclic amines) is 2. The molecule has 2 amide bonds. The molecule has 0 aliphatic carbocycles. The molecule has 2 aromatic carbocycles. The van der Waals surface area contributed by atoms with Crippen LogP contribution in [0.1, 0.15) is 74.7 Å². The topological polar surface area (TPSA) is 88.4 Å². The number of halogens is 2. The molecule has 0 radical (unpaired) electrons. The van der Waals surface area contributed by atoms with Crippen molar-refractivity contribution in [1.82, 2.24) is 24.5 Å². The van der Waals surface area contributed by atoms with E-state index in [9.17, 15) is 14.0 Å². The van der Waals surface area contributed by atoms with Gasteiger partial charge in [0.05, 0.1) is 28.6 Å². The number of piperidine rings is 2. The van der Waals surface area contributed by atoms with Gasteiger partial charge in [0, 0.05) is 56.5 Å². The summed E-state index contributed by atoms with van der Waals surface area (Å²) in [6, 6.07) is 8.88. The number of hydrogen-bond acceptors (Lipinski definition) is 7. The molecular weight excluding hydrogens is 624 g/mol. The van der Waals surface area contributed by atoms with Crippen LogP contribution in [-0.4, -0.2) is 89.3 Å². The maximum atomic E-state index is 15.6. The maximum Gasteiger partial charge on any atom is 0.410 e. The van der Waals surface area contributed by atoms with Crippen LogP contribution in [0.25, 0.3) is 26.4 Å². The summed E-state index contributed by atoms with van der Waals surface area (Å²) in [7, 11) is 1.53. The lowest BCUT2D eigenvalue weighted by molar-refractivity contribution is 0.0198. The minimum absolute atomic E-state index is 0.0216. The quantitative estimate of drug-likeness (QED) is 0.203. The standard InChI is InChI=1S/C35H43F2N5O4S/c1-35(2,3)46-34(44)41-14-5-7-23(20-41)22-8-9-25(27(37)17-22)28-21-42-29-19-30(45-4)26(18-31(29)47-33(42)39-28)32(43)38-12-6-13-40-15-10-24(36)11-16-40/h8-9,17-19,21,23-24H,5-7,10-16,20H2,1-4H3,(H,38,43). The minimum atomic E-state index is -0.694. The van der Waals surface area contributed by atoms with Crippen molar-refractivity contribution in [1.29, 1.82) is 0 Å². The van der Waals surface area contributed by atoms with E-state index in [-0.39, 0.29) is 23.7 Å². The van der Waals surface area contributed by atoms with E-state index < -0.39 is 11.8 Å². The highest BCUT2D eigenvalue weighted by molar-refractivity contribution is 7.23. The lowest BCUT2D eigenvalue weighted by atomic mass is 9.90. The van der Waals surface area contributed by atoms with Crippen LogP contribution in [0.2, 0.25) is 0 Å². The number of imidazole rings is 1. The van der Waals surface area contributed by atoms with Gasteiger partial charge in [-0.15, -0.1) is 0 Å². The number of rotatable bonds is 8. The summed E-state index contributed by atoms with van der Waals surface area (Å²) in [6.45, 7) is 9.52. The number of thiazole rings is 1. The molecule has 4 heterocycles. The zero-order valence-corrected chi connectivity index (χ0v) is 28.3. The Morgan fingerprint density at radius 3 is 2.62 bits per heavy atom. The molecule has 2 aliphatic heterocycles. The number of fused-ring (bicyclic) bond motifs is 3. The van der Waals surface area contributed by atoms with E-state index in [1.165, 1.54) is 18.4 Å². The molecule has 4 aromatic rings. The number of ether oxygens (including phenoxy) is 2. The Kier molecular flexibility index (Phi) is 9.70. The summed E-state index contributed by atoms with van der Waals surface area (Å²) >= 11 is 1.42. The van der Waals surface area contributed by atoms with Gasteiger partial charge in [-0.25, -0.2) is 18.6 Å². The highest BCUT2D eigenvalue weighted by Crippen LogP contribution is 2.36. The molecule has 252 valence electrons. The molecule has 2 fully saturated rings. The van der Waals surface area contributed by atoms with Crippen LogP contribution < -0.4 is 10.1 Å². The molecule has 9 nitrogen and oxygen atoms in total. The number of benzene rings is 2. The normalized spacial score (nSPS) is 18.2. The van der Waals surface area contributed by atoms with Gasteiger partial charge in [0.2, 0.25) is 0 Å². The summed E-state index contributed by atoms with van der Waals surface area (Å²) in [5, 5.41) is 2.99. The van der Waals surface area contributed by atoms with E-state index >= 15 is 4.39 Å². The minimum Gasteiger partial charge on any atom is -0.496 e. The first-order valence-corrected chi connectivity index (χ1v) is 17.2. The monoisotopic (exact) mass is 667 g/mol. The lowest BCUT2D eigenvalue weighted by Gasteiger charge is -2.34. The molecule has 6 rings (SSSR count). The Bertz CT molecular complexity index is 1760. The molecule has 1 atom stereocenters. The predicted octanol–water partition coefficient (Wildman–Crippen LogP) is 7.03. The SMILES string of the molecule is COc1cc2c(cc1C(=O)NCCCN1CCC(F)CC1)sc1nc(-c3ccc(C4CCCN(C(=O)OC(C)(C)C)C4)cc3F)cn12. The number of carbonyl (C=O) groups excluding carboxylic acids is 2. The molecule has 0 saturated carbocycles. The van der Waals surface area contributed by atoms with Crippen molar-refractivity contribution in [3.63, 3.8) is 0 Å². The van der Waals surface area contributed by atoms with Crippen LogP contribution in [0.4, 0.5) is 13.6 Å². The third-order valence-electron chi connectivity index (χ3n) is 8.93. The van der Waals surface area contributed by atoms with Crippen molar-refractivity contribution < 1.29 is 27.8 Å². The number of carbonyl (C=O) groups is 2. The first kappa shape index (κ1) is 33.1. The van der Waals surface area contributed by atoms with E-state index in [4.69, 9.17) is 14.5 Å². The van der Waals surface area contributed by atoms with Crippen molar-refractivity contribution in [2.75, 3.05) is 46.4 Å². The third kappa shape index (κ3) is 7.54. The predicted molar refractivity (Wildman–Crippen MR) is 180 cm³/mol. The second kappa shape index (κ2) is 13.8. The fraction of sp³-hybridized carbons (Fsp3) is 0.514. The van der Waals surface area contributed by atoms with Gasteiger partial charge in [-0.3, -0.25) is 9.20 Å². The van der Waals surface area contributed by atoms with E-state index in [1.54, 1.807) is 17.0 Å². The van der Waals surface area contributed by atoms with Crippen LogP contribution in [-0.2, 0) is 4.74 Å². The van der Waals surface area contributed by atoms with Crippen LogP contribution in [0.3, 0.4) is 0 Å². The Hall–Kier alpha value is -3.77. The molecule has 47 heavy (non-hydrogen) atoms. The highest BCUT2D eigenvalue weighted by atomic mass is 32.1. The largest absolute Gasteiger partial charge is 0.496 e. The van der Waals surface area contributed by atoms with Crippen molar-refractivity contribution in [2.45, 2.75) is 70.6 Å². The van der Waals surface area contributed by atoms with Crippen LogP contribution in [0, 0.1) is 5.82 Å². The number of amides is 2. The van der Waals surface area contributed by atoms with E-state index in [1.807, 2.05) is 49.6 Å². The zero-order chi connectivity index (χ0) is 33.3. The number of nitrogens with zero attached hydrogens (tertiary/aromatic N) is 4. The second-order valence-corrected chi connectivity index (χ2v) is 14.5. The van der Waals surface area contributed by atoms with E-state index in [0.29, 0.717) is 60.0 Å². The summed E-state index contributed by atoms with van der Waals surface area (Å²) < 4.78 is 42.9. The zero-order valence-electron chi connectivity index (χ0n) is 27.5. The van der Waals surface area contributed by atoms with Crippen LogP contribution in [0.5, 0.6) is 5.75 Å². The van der Waals surface area contributed by atoms with E-state index in [2.05, 4.69) is 10.2 Å². The third-order valence-corrected chi connectivity index (χ3v) is 9.94. The van der Waals surface area contributed by atoms with Crippen molar-refractivity contribution in [2.24, 2.45) is 0 Å². The number of nitrogens with one attached hydrogen (secondary N) is 1. The summed E-state index contributed by atoms with van der Waals surface area (Å²) in [5.74, 6) is -0.116. The van der Waals surface area contributed by atoms with Crippen molar-refractivity contribution in [3.05, 3.63) is 53.5 Å². The van der Waals surface area contributed by atoms with Gasteiger partial charge in [0.1, 0.15) is 23.3 Å². The van der Waals surface area contributed by atoms with Gasteiger partial charge < -0.3 is 24.6 Å². The number of hydrogen-bond donors (Lipinski definition) is 1. The van der Waals surface area contributed by atoms with Crippen molar-refractivity contribution >= 4 is 38.5 Å². The van der Waals surface area contributed by atoms with Crippen LogP contribution in [0.15, 0.2) is 36.5 Å². The Morgan fingerprint density at radius 1 is 1.11 bits per heavy atom. The Labute approximate surface area is 277 Å².